The molecule has 1 amide bonds. The number of nitrogens with zero attached hydrogens (tertiary/aromatic N) is 1. The second kappa shape index (κ2) is 7.57. The van der Waals surface area contributed by atoms with Crippen LogP contribution in [-0.2, 0) is 0 Å². The van der Waals surface area contributed by atoms with Gasteiger partial charge >= 0.3 is 0 Å². The first-order chi connectivity index (χ1) is 10.6. The standard InChI is InChI=1S/C18H17ClN2O/c1-13-8-9-17(14(2)10-13)18(22)21-20-12-16(19)11-15-6-4-3-5-7-15/h3-12H,1-2H3,(H,21,22)/b16-11-,20-12+. The minimum absolute atomic E-state index is 0.252. The van der Waals surface area contributed by atoms with Gasteiger partial charge in [0.15, 0.2) is 0 Å². The molecule has 0 radical (unpaired) electrons. The molecule has 0 unspecified atom stereocenters. The molecule has 0 aromatic heterocycles. The van der Waals surface area contributed by atoms with Crippen molar-refractivity contribution in [2.24, 2.45) is 5.10 Å². The first kappa shape index (κ1) is 16.0. The molecule has 0 saturated heterocycles. The van der Waals surface area contributed by atoms with Crippen LogP contribution in [0.4, 0.5) is 0 Å². The highest BCUT2D eigenvalue weighted by atomic mass is 35.5. The minimum atomic E-state index is -0.252. The highest BCUT2D eigenvalue weighted by Crippen LogP contribution is 2.10. The number of carbonyl (C=O) groups is 1. The van der Waals surface area contributed by atoms with Crippen LogP contribution in [-0.4, -0.2) is 12.1 Å². The summed E-state index contributed by atoms with van der Waals surface area (Å²) in [6.07, 6.45) is 3.18. The molecule has 4 heteroatoms. The van der Waals surface area contributed by atoms with Crippen LogP contribution in [0.2, 0.25) is 0 Å². The number of rotatable bonds is 4. The Balaban J connectivity index is 2.00. The molecule has 0 bridgehead atoms. The fourth-order valence-corrected chi connectivity index (χ4v) is 2.20. The molecule has 22 heavy (non-hydrogen) atoms. The second-order valence-corrected chi connectivity index (χ2v) is 5.39. The largest absolute Gasteiger partial charge is 0.271 e. The maximum atomic E-state index is 12.0. The average molecular weight is 313 g/mol. The Hall–Kier alpha value is -2.39. The smallest absolute Gasteiger partial charge is 0.267 e. The van der Waals surface area contributed by atoms with Crippen LogP contribution in [0.25, 0.3) is 6.08 Å². The summed E-state index contributed by atoms with van der Waals surface area (Å²) < 4.78 is 0. The first-order valence-corrected chi connectivity index (χ1v) is 7.27. The maximum absolute atomic E-state index is 12.0. The van der Waals surface area contributed by atoms with Gasteiger partial charge in [-0.2, -0.15) is 5.10 Å². The number of aryl methyl sites for hydroxylation is 2. The molecule has 0 atom stereocenters. The van der Waals surface area contributed by atoms with E-state index in [1.165, 1.54) is 6.21 Å². The Kier molecular flexibility index (Phi) is 5.50. The molecule has 0 aliphatic rings. The number of hydrogen-bond acceptors (Lipinski definition) is 2. The van der Waals surface area contributed by atoms with Crippen molar-refractivity contribution in [1.82, 2.24) is 5.43 Å². The number of benzene rings is 2. The lowest BCUT2D eigenvalue weighted by Crippen LogP contribution is -2.18. The molecule has 112 valence electrons. The molecule has 0 spiro atoms. The molecule has 2 aromatic carbocycles. The van der Waals surface area contributed by atoms with Crippen LogP contribution in [0.1, 0.15) is 27.0 Å². The van der Waals surface area contributed by atoms with Crippen molar-refractivity contribution in [3.05, 3.63) is 75.8 Å². The van der Waals surface area contributed by atoms with Crippen LogP contribution in [0.5, 0.6) is 0 Å². The average Bonchev–Trinajstić information content (AvgIpc) is 2.48. The van der Waals surface area contributed by atoms with Crippen molar-refractivity contribution >= 4 is 29.8 Å². The van der Waals surface area contributed by atoms with Gasteiger partial charge in [0.05, 0.1) is 11.2 Å². The summed E-state index contributed by atoms with van der Waals surface area (Å²) in [4.78, 5) is 12.0. The van der Waals surface area contributed by atoms with E-state index in [1.54, 1.807) is 12.1 Å². The van der Waals surface area contributed by atoms with E-state index < -0.39 is 0 Å². The lowest BCUT2D eigenvalue weighted by Gasteiger charge is -2.04. The van der Waals surface area contributed by atoms with Crippen molar-refractivity contribution in [3.8, 4) is 0 Å². The van der Waals surface area contributed by atoms with E-state index in [4.69, 9.17) is 11.6 Å². The molecule has 3 nitrogen and oxygen atoms in total. The first-order valence-electron chi connectivity index (χ1n) is 6.89. The van der Waals surface area contributed by atoms with Crippen molar-refractivity contribution in [2.45, 2.75) is 13.8 Å². The van der Waals surface area contributed by atoms with E-state index in [0.717, 1.165) is 16.7 Å². The van der Waals surface area contributed by atoms with Crippen LogP contribution in [0.15, 0.2) is 58.7 Å². The van der Waals surface area contributed by atoms with E-state index in [2.05, 4.69) is 10.5 Å². The Morgan fingerprint density at radius 1 is 1.14 bits per heavy atom. The number of amides is 1. The minimum Gasteiger partial charge on any atom is -0.267 e. The Labute approximate surface area is 135 Å². The molecule has 2 aromatic rings. The molecular weight excluding hydrogens is 296 g/mol. The van der Waals surface area contributed by atoms with E-state index in [9.17, 15) is 4.79 Å². The molecule has 0 fully saturated rings. The highest BCUT2D eigenvalue weighted by molar-refractivity contribution is 6.41. The molecule has 0 saturated carbocycles. The topological polar surface area (TPSA) is 41.5 Å². The number of hydrazone groups is 1. The molecule has 0 heterocycles. The zero-order chi connectivity index (χ0) is 15.9. The van der Waals surface area contributed by atoms with Gasteiger partial charge in [-0.25, -0.2) is 5.43 Å². The number of halogens is 1. The van der Waals surface area contributed by atoms with Crippen molar-refractivity contribution in [2.75, 3.05) is 0 Å². The number of hydrogen-bond donors (Lipinski definition) is 1. The molecule has 0 aliphatic heterocycles. The van der Waals surface area contributed by atoms with Crippen LogP contribution in [0, 0.1) is 13.8 Å². The normalized spacial score (nSPS) is 11.7. The summed E-state index contributed by atoms with van der Waals surface area (Å²) >= 11 is 6.06. The van der Waals surface area contributed by atoms with Gasteiger partial charge in [-0.3, -0.25) is 4.79 Å². The van der Waals surface area contributed by atoms with Crippen molar-refractivity contribution in [3.63, 3.8) is 0 Å². The van der Waals surface area contributed by atoms with Gasteiger partial charge in [0, 0.05) is 5.56 Å². The van der Waals surface area contributed by atoms with Crippen LogP contribution >= 0.6 is 11.6 Å². The molecule has 2 rings (SSSR count). The molecular formula is C18H17ClN2O. The van der Waals surface area contributed by atoms with Gasteiger partial charge in [-0.15, -0.1) is 0 Å². The van der Waals surface area contributed by atoms with E-state index in [-0.39, 0.29) is 5.91 Å². The fourth-order valence-electron chi connectivity index (χ4n) is 2.03. The van der Waals surface area contributed by atoms with Crippen LogP contribution in [0.3, 0.4) is 0 Å². The summed E-state index contributed by atoms with van der Waals surface area (Å²) in [5, 5.41) is 4.32. The van der Waals surface area contributed by atoms with Gasteiger partial charge in [-0.1, -0.05) is 59.6 Å². The fraction of sp³-hybridized carbons (Fsp3) is 0.111. The van der Waals surface area contributed by atoms with Gasteiger partial charge in [0.1, 0.15) is 0 Å². The predicted octanol–water partition coefficient (Wildman–Crippen LogP) is 4.30. The summed E-state index contributed by atoms with van der Waals surface area (Å²) in [6.45, 7) is 3.88. The third-order valence-electron chi connectivity index (χ3n) is 3.08. The summed E-state index contributed by atoms with van der Waals surface area (Å²) in [6, 6.07) is 15.3. The SMILES string of the molecule is Cc1ccc(C(=O)N/N=C/C(Cl)=C/c2ccccc2)c(C)c1. The van der Waals surface area contributed by atoms with Gasteiger partial charge in [0.25, 0.3) is 5.91 Å². The summed E-state index contributed by atoms with van der Waals surface area (Å²) in [7, 11) is 0. The Morgan fingerprint density at radius 2 is 1.86 bits per heavy atom. The van der Waals surface area contributed by atoms with Crippen molar-refractivity contribution in [1.29, 1.82) is 0 Å². The quantitative estimate of drug-likeness (QED) is 0.663. The Bertz CT molecular complexity index is 721. The monoisotopic (exact) mass is 312 g/mol. The zero-order valence-corrected chi connectivity index (χ0v) is 13.3. The number of nitrogens with one attached hydrogen (secondary N) is 1. The second-order valence-electron chi connectivity index (χ2n) is 4.96. The molecule has 0 aliphatic carbocycles. The van der Waals surface area contributed by atoms with E-state index in [1.807, 2.05) is 56.3 Å². The zero-order valence-electron chi connectivity index (χ0n) is 12.5. The third-order valence-corrected chi connectivity index (χ3v) is 3.29. The summed E-state index contributed by atoms with van der Waals surface area (Å²) in [5.74, 6) is -0.252. The van der Waals surface area contributed by atoms with Crippen LogP contribution < -0.4 is 5.43 Å². The summed E-state index contributed by atoms with van der Waals surface area (Å²) in [5.41, 5.74) is 6.09. The maximum Gasteiger partial charge on any atom is 0.271 e. The van der Waals surface area contributed by atoms with Crippen molar-refractivity contribution < 1.29 is 4.79 Å². The lowest BCUT2D eigenvalue weighted by atomic mass is 10.1. The Morgan fingerprint density at radius 3 is 2.55 bits per heavy atom. The number of allylic oxidation sites excluding steroid dienone is 1. The number of carbonyl (C=O) groups excluding carboxylic acids is 1. The lowest BCUT2D eigenvalue weighted by molar-refractivity contribution is 0.0954. The van der Waals surface area contributed by atoms with E-state index >= 15 is 0 Å². The molecule has 1 N–H and O–H groups in total. The van der Waals surface area contributed by atoms with Gasteiger partial charge in [-0.05, 0) is 37.1 Å². The highest BCUT2D eigenvalue weighted by Gasteiger charge is 2.07. The third kappa shape index (κ3) is 4.57. The predicted molar refractivity (Wildman–Crippen MR) is 92.1 cm³/mol. The van der Waals surface area contributed by atoms with E-state index in [0.29, 0.717) is 10.6 Å². The van der Waals surface area contributed by atoms with Gasteiger partial charge < -0.3 is 0 Å². The van der Waals surface area contributed by atoms with Gasteiger partial charge in [0.2, 0.25) is 0 Å².